The molecule has 1 aromatic carbocycles. The highest BCUT2D eigenvalue weighted by molar-refractivity contribution is 6.30. The molecule has 0 saturated heterocycles. The van der Waals surface area contributed by atoms with Crippen molar-refractivity contribution in [2.75, 3.05) is 6.61 Å². The first-order valence-electron chi connectivity index (χ1n) is 7.10. The predicted molar refractivity (Wildman–Crippen MR) is 77.4 cm³/mol. The second-order valence-corrected chi connectivity index (χ2v) is 5.71. The molecule has 2 nitrogen and oxygen atoms in total. The summed E-state index contributed by atoms with van der Waals surface area (Å²) in [6, 6.07) is 8.17. The number of carbonyl (C=O) groups excluding carboxylic acids is 1. The van der Waals surface area contributed by atoms with Gasteiger partial charge in [-0.15, -0.1) is 0 Å². The van der Waals surface area contributed by atoms with Crippen LogP contribution in [0.5, 0.6) is 0 Å². The first-order chi connectivity index (χ1) is 9.19. The summed E-state index contributed by atoms with van der Waals surface area (Å²) in [5, 5.41) is 0.791. The summed E-state index contributed by atoms with van der Waals surface area (Å²) in [5.74, 6) is 1.08. The fourth-order valence-electron chi connectivity index (χ4n) is 2.89. The van der Waals surface area contributed by atoms with Gasteiger partial charge in [0.2, 0.25) is 0 Å². The highest BCUT2D eigenvalue weighted by Gasteiger charge is 2.24. The van der Waals surface area contributed by atoms with Crippen LogP contribution < -0.4 is 0 Å². The van der Waals surface area contributed by atoms with E-state index in [0.717, 1.165) is 30.7 Å². The Morgan fingerprint density at radius 2 is 1.84 bits per heavy atom. The zero-order valence-corrected chi connectivity index (χ0v) is 12.2. The molecule has 0 heterocycles. The van der Waals surface area contributed by atoms with Crippen LogP contribution in [0.4, 0.5) is 0 Å². The van der Waals surface area contributed by atoms with Crippen molar-refractivity contribution in [2.45, 2.75) is 44.9 Å². The minimum absolute atomic E-state index is 0.0440. The van der Waals surface area contributed by atoms with Crippen LogP contribution in [0.2, 0.25) is 5.02 Å². The molecule has 2 rings (SSSR count). The van der Waals surface area contributed by atoms with Gasteiger partial charge < -0.3 is 4.74 Å². The molecule has 1 aliphatic carbocycles. The molecule has 0 spiro atoms. The largest absolute Gasteiger partial charge is 0.466 e. The zero-order valence-electron chi connectivity index (χ0n) is 11.4. The topological polar surface area (TPSA) is 26.3 Å². The number of halogens is 1. The lowest BCUT2D eigenvalue weighted by molar-refractivity contribution is -0.144. The van der Waals surface area contributed by atoms with E-state index in [2.05, 4.69) is 12.1 Å². The average molecular weight is 281 g/mol. The highest BCUT2D eigenvalue weighted by atomic mass is 35.5. The van der Waals surface area contributed by atoms with Crippen molar-refractivity contribution in [3.05, 3.63) is 34.9 Å². The molecule has 0 aliphatic heterocycles. The van der Waals surface area contributed by atoms with E-state index in [4.69, 9.17) is 16.3 Å². The van der Waals surface area contributed by atoms with Crippen molar-refractivity contribution in [1.29, 1.82) is 0 Å². The van der Waals surface area contributed by atoms with E-state index < -0.39 is 0 Å². The van der Waals surface area contributed by atoms with Crippen LogP contribution in [-0.4, -0.2) is 12.6 Å². The first-order valence-corrected chi connectivity index (χ1v) is 7.48. The lowest BCUT2D eigenvalue weighted by atomic mass is 9.77. The van der Waals surface area contributed by atoms with Crippen LogP contribution in [0.3, 0.4) is 0 Å². The molecule has 0 atom stereocenters. The van der Waals surface area contributed by atoms with Gasteiger partial charge in [0.05, 0.1) is 6.61 Å². The smallest absolute Gasteiger partial charge is 0.306 e. The zero-order chi connectivity index (χ0) is 13.7. The van der Waals surface area contributed by atoms with Gasteiger partial charge in [0.1, 0.15) is 0 Å². The van der Waals surface area contributed by atoms with E-state index in [0.29, 0.717) is 24.9 Å². The highest BCUT2D eigenvalue weighted by Crippen LogP contribution is 2.37. The van der Waals surface area contributed by atoms with E-state index in [-0.39, 0.29) is 5.97 Å². The summed E-state index contributed by atoms with van der Waals surface area (Å²) in [6.45, 7) is 2.34. The van der Waals surface area contributed by atoms with Crippen molar-refractivity contribution >= 4 is 17.6 Å². The predicted octanol–water partition coefficient (Wildman–Crippen LogP) is 4.57. The third-order valence-electron chi connectivity index (χ3n) is 3.95. The van der Waals surface area contributed by atoms with E-state index >= 15 is 0 Å². The maximum atomic E-state index is 11.5. The second kappa shape index (κ2) is 6.95. The van der Waals surface area contributed by atoms with Gasteiger partial charge in [-0.05, 0) is 62.1 Å². The number of carbonyl (C=O) groups is 1. The van der Waals surface area contributed by atoms with Gasteiger partial charge in [0, 0.05) is 11.4 Å². The van der Waals surface area contributed by atoms with Crippen LogP contribution >= 0.6 is 11.6 Å². The van der Waals surface area contributed by atoms with Crippen molar-refractivity contribution < 1.29 is 9.53 Å². The number of benzene rings is 1. The summed E-state index contributed by atoms with van der Waals surface area (Å²) in [7, 11) is 0. The maximum Gasteiger partial charge on any atom is 0.306 e. The molecule has 1 fully saturated rings. The fourth-order valence-corrected chi connectivity index (χ4v) is 3.02. The van der Waals surface area contributed by atoms with Gasteiger partial charge in [-0.1, -0.05) is 23.7 Å². The minimum atomic E-state index is -0.0440. The van der Waals surface area contributed by atoms with Gasteiger partial charge in [0.25, 0.3) is 0 Å². The van der Waals surface area contributed by atoms with Crippen LogP contribution in [-0.2, 0) is 9.53 Å². The molecule has 0 amide bonds. The summed E-state index contributed by atoms with van der Waals surface area (Å²) in [4.78, 5) is 11.5. The Hall–Kier alpha value is -1.02. The van der Waals surface area contributed by atoms with Gasteiger partial charge in [-0.25, -0.2) is 0 Å². The standard InChI is InChI=1S/C16H21ClO2/c1-2-19-16(18)11-12-3-5-13(6-4-12)14-7-9-15(17)10-8-14/h7-10,12-13H,2-6,11H2,1H3. The Balaban J connectivity index is 1.82. The van der Waals surface area contributed by atoms with E-state index in [1.165, 1.54) is 5.56 Å². The van der Waals surface area contributed by atoms with Gasteiger partial charge in [-0.3, -0.25) is 4.79 Å². The number of rotatable bonds is 4. The number of hydrogen-bond acceptors (Lipinski definition) is 2. The lowest BCUT2D eigenvalue weighted by Gasteiger charge is -2.28. The Labute approximate surface area is 120 Å². The van der Waals surface area contributed by atoms with E-state index in [1.807, 2.05) is 19.1 Å². The summed E-state index contributed by atoms with van der Waals surface area (Å²) >= 11 is 5.91. The molecule has 104 valence electrons. The molecule has 1 saturated carbocycles. The molecule has 3 heteroatoms. The molecule has 0 aromatic heterocycles. The molecule has 0 bridgehead atoms. The molecule has 0 unspecified atom stereocenters. The molecular formula is C16H21ClO2. The number of hydrogen-bond donors (Lipinski definition) is 0. The molecule has 1 aliphatic rings. The Morgan fingerprint density at radius 3 is 2.42 bits per heavy atom. The lowest BCUT2D eigenvalue weighted by Crippen LogP contribution is -2.17. The van der Waals surface area contributed by atoms with Gasteiger partial charge in [0.15, 0.2) is 0 Å². The number of esters is 1. The quantitative estimate of drug-likeness (QED) is 0.755. The monoisotopic (exact) mass is 280 g/mol. The normalized spacial score (nSPS) is 23.1. The maximum absolute atomic E-state index is 11.5. The fraction of sp³-hybridized carbons (Fsp3) is 0.562. The van der Waals surface area contributed by atoms with Crippen LogP contribution in [0, 0.1) is 5.92 Å². The van der Waals surface area contributed by atoms with Gasteiger partial charge >= 0.3 is 5.97 Å². The molecule has 19 heavy (non-hydrogen) atoms. The number of ether oxygens (including phenoxy) is 1. The Kier molecular flexibility index (Phi) is 5.26. The summed E-state index contributed by atoms with van der Waals surface area (Å²) < 4.78 is 5.02. The van der Waals surface area contributed by atoms with Gasteiger partial charge in [-0.2, -0.15) is 0 Å². The molecule has 1 aromatic rings. The first kappa shape index (κ1) is 14.4. The van der Waals surface area contributed by atoms with Crippen molar-refractivity contribution in [3.63, 3.8) is 0 Å². The van der Waals surface area contributed by atoms with E-state index in [1.54, 1.807) is 0 Å². The van der Waals surface area contributed by atoms with Crippen molar-refractivity contribution in [1.82, 2.24) is 0 Å². The molecule has 0 N–H and O–H groups in total. The van der Waals surface area contributed by atoms with Crippen LogP contribution in [0.15, 0.2) is 24.3 Å². The minimum Gasteiger partial charge on any atom is -0.466 e. The van der Waals surface area contributed by atoms with Crippen molar-refractivity contribution in [3.8, 4) is 0 Å². The van der Waals surface area contributed by atoms with Crippen molar-refractivity contribution in [2.24, 2.45) is 5.92 Å². The molecule has 0 radical (unpaired) electrons. The second-order valence-electron chi connectivity index (χ2n) is 5.28. The average Bonchev–Trinajstić information content (AvgIpc) is 2.41. The third-order valence-corrected chi connectivity index (χ3v) is 4.20. The molecular weight excluding hydrogens is 260 g/mol. The summed E-state index contributed by atoms with van der Waals surface area (Å²) in [6.07, 6.45) is 5.14. The summed E-state index contributed by atoms with van der Waals surface area (Å²) in [5.41, 5.74) is 1.37. The SMILES string of the molecule is CCOC(=O)CC1CCC(c2ccc(Cl)cc2)CC1. The third kappa shape index (κ3) is 4.24. The van der Waals surface area contributed by atoms with Crippen LogP contribution in [0.25, 0.3) is 0 Å². The van der Waals surface area contributed by atoms with E-state index in [9.17, 15) is 4.79 Å². The van der Waals surface area contributed by atoms with Crippen LogP contribution in [0.1, 0.15) is 50.5 Å². The Bertz CT molecular complexity index is 405. The Morgan fingerprint density at radius 1 is 1.21 bits per heavy atom.